The van der Waals surface area contributed by atoms with Crippen LogP contribution in [-0.2, 0) is 20.7 Å². The summed E-state index contributed by atoms with van der Waals surface area (Å²) < 4.78 is 4.92. The summed E-state index contributed by atoms with van der Waals surface area (Å²) in [6.07, 6.45) is 0.114. The van der Waals surface area contributed by atoms with E-state index in [1.807, 2.05) is 36.4 Å². The predicted molar refractivity (Wildman–Crippen MR) is 80.9 cm³/mol. The minimum Gasteiger partial charge on any atom is -0.455 e. The molecule has 1 amide bonds. The summed E-state index contributed by atoms with van der Waals surface area (Å²) in [6.45, 7) is -0.384. The van der Waals surface area contributed by atoms with E-state index in [-0.39, 0.29) is 13.0 Å². The van der Waals surface area contributed by atoms with Crippen LogP contribution in [0.1, 0.15) is 11.1 Å². The highest BCUT2D eigenvalue weighted by Gasteiger charge is 2.10. The van der Waals surface area contributed by atoms with E-state index in [1.165, 1.54) is 0 Å². The first kappa shape index (κ1) is 15.3. The number of esters is 1. The molecule has 0 fully saturated rings. The van der Waals surface area contributed by atoms with Crippen LogP contribution in [0.4, 0.5) is 5.69 Å². The van der Waals surface area contributed by atoms with Crippen molar-refractivity contribution < 1.29 is 14.3 Å². The number of para-hydroxylation sites is 1. The first-order chi connectivity index (χ1) is 10.7. The monoisotopic (exact) mass is 294 g/mol. The summed E-state index contributed by atoms with van der Waals surface area (Å²) in [4.78, 5) is 23.4. The molecule has 5 heteroatoms. The first-order valence-electron chi connectivity index (χ1n) is 6.67. The van der Waals surface area contributed by atoms with Gasteiger partial charge >= 0.3 is 5.97 Å². The van der Waals surface area contributed by atoms with Crippen LogP contribution in [-0.4, -0.2) is 18.5 Å². The molecule has 0 bridgehead atoms. The number of nitrogens with zero attached hydrogens (tertiary/aromatic N) is 1. The molecule has 1 N–H and O–H groups in total. The van der Waals surface area contributed by atoms with Crippen molar-refractivity contribution in [3.8, 4) is 6.07 Å². The number of anilines is 1. The zero-order valence-corrected chi connectivity index (χ0v) is 11.8. The van der Waals surface area contributed by atoms with Gasteiger partial charge in [0.2, 0.25) is 0 Å². The van der Waals surface area contributed by atoms with Crippen molar-refractivity contribution in [3.05, 3.63) is 65.7 Å². The van der Waals surface area contributed by atoms with Crippen molar-refractivity contribution in [2.24, 2.45) is 0 Å². The van der Waals surface area contributed by atoms with Gasteiger partial charge in [-0.3, -0.25) is 9.59 Å². The molecule has 0 radical (unpaired) electrons. The van der Waals surface area contributed by atoms with Gasteiger partial charge in [-0.05, 0) is 17.7 Å². The smallest absolute Gasteiger partial charge is 0.310 e. The van der Waals surface area contributed by atoms with Gasteiger partial charge in [0.05, 0.1) is 17.7 Å². The molecule has 0 aromatic heterocycles. The Morgan fingerprint density at radius 3 is 2.45 bits per heavy atom. The lowest BCUT2D eigenvalue weighted by molar-refractivity contribution is -0.146. The van der Waals surface area contributed by atoms with Gasteiger partial charge in [0.25, 0.3) is 5.91 Å². The lowest BCUT2D eigenvalue weighted by Crippen LogP contribution is -2.22. The molecule has 0 heterocycles. The maximum Gasteiger partial charge on any atom is 0.310 e. The number of rotatable bonds is 5. The van der Waals surface area contributed by atoms with Crippen LogP contribution in [0, 0.1) is 11.3 Å². The highest BCUT2D eigenvalue weighted by molar-refractivity contribution is 5.94. The molecule has 22 heavy (non-hydrogen) atoms. The number of carbonyl (C=O) groups excluding carboxylic acids is 2. The second kappa shape index (κ2) is 7.60. The topological polar surface area (TPSA) is 79.2 Å². The summed E-state index contributed by atoms with van der Waals surface area (Å²) in [5, 5.41) is 11.5. The SMILES string of the molecule is N#Cc1ccccc1NC(=O)COC(=O)Cc1ccccc1. The number of hydrogen-bond donors (Lipinski definition) is 1. The third-order valence-electron chi connectivity index (χ3n) is 2.88. The van der Waals surface area contributed by atoms with Crippen molar-refractivity contribution in [2.75, 3.05) is 11.9 Å². The zero-order chi connectivity index (χ0) is 15.8. The number of hydrogen-bond acceptors (Lipinski definition) is 4. The zero-order valence-electron chi connectivity index (χ0n) is 11.8. The molecule has 2 aromatic rings. The maximum atomic E-state index is 11.7. The Morgan fingerprint density at radius 2 is 1.73 bits per heavy atom. The third kappa shape index (κ3) is 4.46. The summed E-state index contributed by atoms with van der Waals surface area (Å²) in [5.74, 6) is -0.959. The summed E-state index contributed by atoms with van der Waals surface area (Å²) in [7, 11) is 0. The second-order valence-electron chi connectivity index (χ2n) is 4.53. The average molecular weight is 294 g/mol. The van der Waals surface area contributed by atoms with Crippen LogP contribution in [0.2, 0.25) is 0 Å². The van der Waals surface area contributed by atoms with Crippen LogP contribution in [0.5, 0.6) is 0 Å². The van der Waals surface area contributed by atoms with E-state index in [0.717, 1.165) is 5.56 Å². The van der Waals surface area contributed by atoms with E-state index in [2.05, 4.69) is 5.32 Å². The minimum absolute atomic E-state index is 0.114. The Kier molecular flexibility index (Phi) is 5.27. The molecule has 0 saturated heterocycles. The molecule has 2 rings (SSSR count). The molecular formula is C17H14N2O3. The Balaban J connectivity index is 1.83. The fraction of sp³-hybridized carbons (Fsp3) is 0.118. The largest absolute Gasteiger partial charge is 0.455 e. The lowest BCUT2D eigenvalue weighted by atomic mass is 10.2. The Morgan fingerprint density at radius 1 is 1.05 bits per heavy atom. The van der Waals surface area contributed by atoms with Crippen LogP contribution >= 0.6 is 0 Å². The van der Waals surface area contributed by atoms with E-state index in [0.29, 0.717) is 11.3 Å². The maximum absolute atomic E-state index is 11.7. The number of benzene rings is 2. The van der Waals surface area contributed by atoms with Gasteiger partial charge in [-0.15, -0.1) is 0 Å². The number of carbonyl (C=O) groups is 2. The highest BCUT2D eigenvalue weighted by Crippen LogP contribution is 2.13. The summed E-state index contributed by atoms with van der Waals surface area (Å²) in [6, 6.07) is 17.7. The van der Waals surface area contributed by atoms with E-state index < -0.39 is 11.9 Å². The van der Waals surface area contributed by atoms with Crippen molar-refractivity contribution in [1.29, 1.82) is 5.26 Å². The Labute approximate surface area is 128 Å². The van der Waals surface area contributed by atoms with Gasteiger partial charge in [0, 0.05) is 0 Å². The quantitative estimate of drug-likeness (QED) is 0.858. The highest BCUT2D eigenvalue weighted by atomic mass is 16.5. The summed E-state index contributed by atoms with van der Waals surface area (Å²) >= 11 is 0. The van der Waals surface area contributed by atoms with Crippen molar-refractivity contribution in [1.82, 2.24) is 0 Å². The van der Waals surface area contributed by atoms with Crippen LogP contribution in [0.25, 0.3) is 0 Å². The van der Waals surface area contributed by atoms with Crippen molar-refractivity contribution >= 4 is 17.6 Å². The van der Waals surface area contributed by atoms with Gasteiger partial charge in [-0.2, -0.15) is 5.26 Å². The number of amides is 1. The fourth-order valence-electron chi connectivity index (χ4n) is 1.84. The number of nitriles is 1. The van der Waals surface area contributed by atoms with Crippen LogP contribution in [0.3, 0.4) is 0 Å². The van der Waals surface area contributed by atoms with Gasteiger partial charge in [-0.25, -0.2) is 0 Å². The lowest BCUT2D eigenvalue weighted by Gasteiger charge is -2.07. The predicted octanol–water partition coefficient (Wildman–Crippen LogP) is 2.28. The normalized spacial score (nSPS) is 9.59. The van der Waals surface area contributed by atoms with Crippen molar-refractivity contribution in [3.63, 3.8) is 0 Å². The van der Waals surface area contributed by atoms with E-state index in [1.54, 1.807) is 24.3 Å². The van der Waals surface area contributed by atoms with Gasteiger partial charge in [-0.1, -0.05) is 42.5 Å². The van der Waals surface area contributed by atoms with Crippen LogP contribution < -0.4 is 5.32 Å². The third-order valence-corrected chi connectivity index (χ3v) is 2.88. The van der Waals surface area contributed by atoms with Gasteiger partial charge in [0.15, 0.2) is 6.61 Å². The standard InChI is InChI=1S/C17H14N2O3/c18-11-14-8-4-5-9-15(14)19-16(20)12-22-17(21)10-13-6-2-1-3-7-13/h1-9H,10,12H2,(H,19,20). The van der Waals surface area contributed by atoms with E-state index in [4.69, 9.17) is 10.00 Å². The average Bonchev–Trinajstić information content (AvgIpc) is 2.54. The molecule has 0 spiro atoms. The molecule has 0 aliphatic rings. The molecule has 0 unspecified atom stereocenters. The molecule has 0 saturated carbocycles. The fourth-order valence-corrected chi connectivity index (χ4v) is 1.84. The van der Waals surface area contributed by atoms with Crippen molar-refractivity contribution in [2.45, 2.75) is 6.42 Å². The van der Waals surface area contributed by atoms with Gasteiger partial charge < -0.3 is 10.1 Å². The minimum atomic E-state index is -0.482. The second-order valence-corrected chi connectivity index (χ2v) is 4.53. The molecule has 110 valence electrons. The Bertz CT molecular complexity index is 705. The van der Waals surface area contributed by atoms with Crippen LogP contribution in [0.15, 0.2) is 54.6 Å². The molecule has 0 aliphatic heterocycles. The summed E-state index contributed by atoms with van der Waals surface area (Å²) in [5.41, 5.74) is 1.57. The number of ether oxygens (including phenoxy) is 1. The molecule has 5 nitrogen and oxygen atoms in total. The van der Waals surface area contributed by atoms with Gasteiger partial charge in [0.1, 0.15) is 6.07 Å². The van der Waals surface area contributed by atoms with E-state index in [9.17, 15) is 9.59 Å². The molecular weight excluding hydrogens is 280 g/mol. The first-order valence-corrected chi connectivity index (χ1v) is 6.67. The number of nitrogens with one attached hydrogen (secondary N) is 1. The molecule has 2 aromatic carbocycles. The molecule has 0 atom stereocenters. The molecule has 0 aliphatic carbocycles. The van der Waals surface area contributed by atoms with E-state index >= 15 is 0 Å². The Hall–Kier alpha value is -3.13.